The molecule has 1 aliphatic heterocycles. The molecular formula is C21H25N5O6. The van der Waals surface area contributed by atoms with Gasteiger partial charge in [-0.15, -0.1) is 0 Å². The summed E-state index contributed by atoms with van der Waals surface area (Å²) >= 11 is 0. The van der Waals surface area contributed by atoms with Gasteiger partial charge in [0.1, 0.15) is 11.9 Å². The Balaban J connectivity index is 1.61. The van der Waals surface area contributed by atoms with Gasteiger partial charge in [-0.25, -0.2) is 4.79 Å². The van der Waals surface area contributed by atoms with Gasteiger partial charge < -0.3 is 26.6 Å². The van der Waals surface area contributed by atoms with E-state index in [1.54, 1.807) is 24.3 Å². The highest BCUT2D eigenvalue weighted by atomic mass is 16.4. The normalized spacial score (nSPS) is 15.8. The molecule has 0 aliphatic carbocycles. The van der Waals surface area contributed by atoms with Crippen molar-refractivity contribution in [3.63, 3.8) is 0 Å². The minimum atomic E-state index is -1.29. The van der Waals surface area contributed by atoms with E-state index in [1.165, 1.54) is 0 Å². The maximum Gasteiger partial charge on any atom is 0.326 e. The number of H-pyrrole nitrogens is 1. The predicted octanol–water partition coefficient (Wildman–Crippen LogP) is 0.932. The standard InChI is InChI=1S/C21H25N5O6/c22-21-25-17-16(19(30)26-21)12(9-10-23-17)4-1-11-2-5-13(6-3-11)18(29)24-14(20(31)32)7-8-15(27)28/h2-3,5-6,12,14H,1,4,7-10H2,(H,24,29)(H,27,28)(H,31,32)(H4,22,23,25,26,30). The molecule has 0 fully saturated rings. The molecule has 0 bridgehead atoms. The summed E-state index contributed by atoms with van der Waals surface area (Å²) in [6.45, 7) is 0.694. The number of carboxylic acid groups (broad SMARTS) is 2. The first-order valence-electron chi connectivity index (χ1n) is 10.2. The largest absolute Gasteiger partial charge is 0.481 e. The summed E-state index contributed by atoms with van der Waals surface area (Å²) in [6.07, 6.45) is 1.61. The van der Waals surface area contributed by atoms with Gasteiger partial charge in [0.05, 0.1) is 5.56 Å². The van der Waals surface area contributed by atoms with Crippen molar-refractivity contribution in [2.75, 3.05) is 17.6 Å². The van der Waals surface area contributed by atoms with Crippen LogP contribution in [0.1, 0.15) is 53.1 Å². The summed E-state index contributed by atoms with van der Waals surface area (Å²) in [5, 5.41) is 23.3. The number of hydrogen-bond acceptors (Lipinski definition) is 7. The van der Waals surface area contributed by atoms with Gasteiger partial charge >= 0.3 is 11.9 Å². The first kappa shape index (κ1) is 22.8. The number of aliphatic carboxylic acids is 2. The average Bonchev–Trinajstić information content (AvgIpc) is 2.74. The third-order valence-corrected chi connectivity index (χ3v) is 5.41. The summed E-state index contributed by atoms with van der Waals surface area (Å²) in [4.78, 5) is 53.3. The van der Waals surface area contributed by atoms with Gasteiger partial charge in [0.15, 0.2) is 0 Å². The Morgan fingerprint density at radius 2 is 1.94 bits per heavy atom. The molecular weight excluding hydrogens is 418 g/mol. The SMILES string of the molecule is Nc1nc2c(c(=O)[nH]1)C(CCc1ccc(C(=O)NC(CCC(=O)O)C(=O)O)cc1)CCN2. The van der Waals surface area contributed by atoms with Crippen LogP contribution >= 0.6 is 0 Å². The second-order valence-electron chi connectivity index (χ2n) is 7.66. The Morgan fingerprint density at radius 3 is 2.59 bits per heavy atom. The van der Waals surface area contributed by atoms with Crippen molar-refractivity contribution >= 4 is 29.6 Å². The Morgan fingerprint density at radius 1 is 1.22 bits per heavy atom. The fraction of sp³-hybridized carbons (Fsp3) is 0.381. The molecule has 2 heterocycles. The Labute approximate surface area is 183 Å². The van der Waals surface area contributed by atoms with E-state index in [4.69, 9.17) is 10.8 Å². The first-order chi connectivity index (χ1) is 15.2. The highest BCUT2D eigenvalue weighted by Gasteiger charge is 2.25. The predicted molar refractivity (Wildman–Crippen MR) is 116 cm³/mol. The molecule has 11 heteroatoms. The van der Waals surface area contributed by atoms with Crippen molar-refractivity contribution < 1.29 is 24.6 Å². The number of carboxylic acids is 2. The summed E-state index contributed by atoms with van der Waals surface area (Å²) < 4.78 is 0. The number of nitrogens with two attached hydrogens (primary N) is 1. The van der Waals surface area contributed by atoms with E-state index in [9.17, 15) is 24.3 Å². The van der Waals surface area contributed by atoms with Gasteiger partial charge in [-0.1, -0.05) is 12.1 Å². The van der Waals surface area contributed by atoms with Crippen molar-refractivity contribution in [3.05, 3.63) is 51.3 Å². The zero-order valence-electron chi connectivity index (χ0n) is 17.3. The number of nitrogen functional groups attached to an aromatic ring is 1. The molecule has 1 amide bonds. The molecule has 1 aromatic carbocycles. The van der Waals surface area contributed by atoms with E-state index in [1.807, 2.05) is 0 Å². The quantitative estimate of drug-likeness (QED) is 0.328. The molecule has 1 aromatic heterocycles. The number of rotatable bonds is 9. The van der Waals surface area contributed by atoms with Crippen LogP contribution in [0.2, 0.25) is 0 Å². The van der Waals surface area contributed by atoms with Gasteiger partial charge in [-0.05, 0) is 49.3 Å². The van der Waals surface area contributed by atoms with Crippen molar-refractivity contribution in [3.8, 4) is 0 Å². The number of anilines is 2. The van der Waals surface area contributed by atoms with E-state index >= 15 is 0 Å². The Hall–Kier alpha value is -3.89. The summed E-state index contributed by atoms with van der Waals surface area (Å²) in [7, 11) is 0. The van der Waals surface area contributed by atoms with E-state index in [0.29, 0.717) is 30.8 Å². The molecule has 2 atom stereocenters. The molecule has 0 spiro atoms. The molecule has 1 aliphatic rings. The summed E-state index contributed by atoms with van der Waals surface area (Å²) in [5.74, 6) is -2.39. The third kappa shape index (κ3) is 5.62. The third-order valence-electron chi connectivity index (χ3n) is 5.41. The number of fused-ring (bicyclic) bond motifs is 1. The highest BCUT2D eigenvalue weighted by Crippen LogP contribution is 2.31. The van der Waals surface area contributed by atoms with Crippen molar-refractivity contribution in [2.45, 2.75) is 44.1 Å². The molecule has 7 N–H and O–H groups in total. The van der Waals surface area contributed by atoms with Gasteiger partial charge in [-0.3, -0.25) is 19.4 Å². The van der Waals surface area contributed by atoms with Gasteiger partial charge in [0, 0.05) is 18.5 Å². The average molecular weight is 443 g/mol. The molecule has 2 unspecified atom stereocenters. The number of hydrogen-bond donors (Lipinski definition) is 6. The van der Waals surface area contributed by atoms with E-state index in [0.717, 1.165) is 12.0 Å². The maximum atomic E-state index is 12.3. The molecule has 0 saturated carbocycles. The molecule has 170 valence electrons. The monoisotopic (exact) mass is 443 g/mol. The van der Waals surface area contributed by atoms with Crippen LogP contribution in [0.3, 0.4) is 0 Å². The van der Waals surface area contributed by atoms with Crippen LogP contribution in [0.25, 0.3) is 0 Å². The first-order valence-corrected chi connectivity index (χ1v) is 10.2. The van der Waals surface area contributed by atoms with Gasteiger partial charge in [-0.2, -0.15) is 4.98 Å². The smallest absolute Gasteiger partial charge is 0.326 e. The lowest BCUT2D eigenvalue weighted by Gasteiger charge is -2.25. The minimum Gasteiger partial charge on any atom is -0.481 e. The number of nitrogens with zero attached hydrogens (tertiary/aromatic N) is 1. The minimum absolute atomic E-state index is 0.0247. The molecule has 0 saturated heterocycles. The Kier molecular flexibility index (Phi) is 7.08. The number of aryl methyl sites for hydroxylation is 1. The van der Waals surface area contributed by atoms with Gasteiger partial charge in [0.25, 0.3) is 11.5 Å². The maximum absolute atomic E-state index is 12.3. The fourth-order valence-electron chi connectivity index (χ4n) is 3.74. The molecule has 3 rings (SSSR count). The number of carbonyl (C=O) groups is 3. The lowest BCUT2D eigenvalue weighted by atomic mass is 9.88. The molecule has 11 nitrogen and oxygen atoms in total. The van der Waals surface area contributed by atoms with Crippen molar-refractivity contribution in [2.24, 2.45) is 0 Å². The zero-order chi connectivity index (χ0) is 23.3. The van der Waals surface area contributed by atoms with Crippen LogP contribution < -0.4 is 21.9 Å². The number of nitrogens with one attached hydrogen (secondary N) is 3. The van der Waals surface area contributed by atoms with Crippen LogP contribution in [0, 0.1) is 0 Å². The molecule has 0 radical (unpaired) electrons. The van der Waals surface area contributed by atoms with Crippen LogP contribution in [0.4, 0.5) is 11.8 Å². The second kappa shape index (κ2) is 9.94. The van der Waals surface area contributed by atoms with Crippen LogP contribution in [0.5, 0.6) is 0 Å². The highest BCUT2D eigenvalue weighted by molar-refractivity contribution is 5.96. The van der Waals surface area contributed by atoms with E-state index < -0.39 is 23.9 Å². The van der Waals surface area contributed by atoms with E-state index in [2.05, 4.69) is 20.6 Å². The van der Waals surface area contributed by atoms with Crippen LogP contribution in [-0.2, 0) is 16.0 Å². The number of aromatic nitrogens is 2. The molecule has 2 aromatic rings. The van der Waals surface area contributed by atoms with Crippen LogP contribution in [0.15, 0.2) is 29.1 Å². The fourth-order valence-corrected chi connectivity index (χ4v) is 3.74. The molecule has 32 heavy (non-hydrogen) atoms. The lowest BCUT2D eigenvalue weighted by Crippen LogP contribution is -2.41. The van der Waals surface area contributed by atoms with Gasteiger partial charge in [0.2, 0.25) is 5.95 Å². The van der Waals surface area contributed by atoms with E-state index in [-0.39, 0.29) is 35.8 Å². The number of benzene rings is 1. The van der Waals surface area contributed by atoms with Crippen LogP contribution in [-0.4, -0.2) is 50.6 Å². The second-order valence-corrected chi connectivity index (χ2v) is 7.66. The van der Waals surface area contributed by atoms with Crippen molar-refractivity contribution in [1.29, 1.82) is 0 Å². The number of carbonyl (C=O) groups excluding carboxylic acids is 1. The topological polar surface area (TPSA) is 187 Å². The lowest BCUT2D eigenvalue weighted by molar-refractivity contribution is -0.140. The number of aromatic amines is 1. The Bertz CT molecular complexity index is 1070. The summed E-state index contributed by atoms with van der Waals surface area (Å²) in [5.41, 5.74) is 7.20. The number of amides is 1. The van der Waals surface area contributed by atoms with Crippen molar-refractivity contribution in [1.82, 2.24) is 15.3 Å². The zero-order valence-corrected chi connectivity index (χ0v) is 17.3. The summed E-state index contributed by atoms with van der Waals surface area (Å²) in [6, 6.07) is 5.45.